The lowest BCUT2D eigenvalue weighted by Crippen LogP contribution is -2.17. The third kappa shape index (κ3) is 1.11. The van der Waals surface area contributed by atoms with Crippen LogP contribution >= 0.6 is 0 Å². The molecule has 1 unspecified atom stereocenters. The second kappa shape index (κ2) is 3.36. The molecule has 1 aliphatic rings. The number of benzene rings is 1. The second-order valence-corrected chi connectivity index (χ2v) is 4.74. The van der Waals surface area contributed by atoms with Crippen molar-refractivity contribution < 1.29 is 0 Å². The van der Waals surface area contributed by atoms with E-state index in [-0.39, 0.29) is 0 Å². The van der Waals surface area contributed by atoms with E-state index in [9.17, 15) is 0 Å². The largest absolute Gasteiger partial charge is 0.342 e. The molecule has 3 rings (SSSR count). The van der Waals surface area contributed by atoms with Crippen molar-refractivity contribution in [1.29, 1.82) is 0 Å². The van der Waals surface area contributed by atoms with Gasteiger partial charge in [0.25, 0.3) is 0 Å². The fourth-order valence-corrected chi connectivity index (χ4v) is 3.04. The topological polar surface area (TPSA) is 17.0 Å². The van der Waals surface area contributed by atoms with E-state index in [2.05, 4.69) is 41.9 Å². The van der Waals surface area contributed by atoms with Crippen molar-refractivity contribution in [1.82, 2.24) is 9.88 Å². The van der Waals surface area contributed by atoms with Crippen LogP contribution in [-0.4, -0.2) is 11.6 Å². The summed E-state index contributed by atoms with van der Waals surface area (Å²) in [7, 11) is 2.03. The third-order valence-corrected chi connectivity index (χ3v) is 3.92. The molecule has 2 heterocycles. The van der Waals surface area contributed by atoms with Gasteiger partial charge in [0.1, 0.15) is 0 Å². The van der Waals surface area contributed by atoms with E-state index in [0.29, 0.717) is 6.04 Å². The van der Waals surface area contributed by atoms with Gasteiger partial charge in [0.2, 0.25) is 0 Å². The van der Waals surface area contributed by atoms with Crippen molar-refractivity contribution in [3.05, 3.63) is 35.0 Å². The molecule has 1 aromatic heterocycles. The van der Waals surface area contributed by atoms with E-state index in [1.54, 1.807) is 0 Å². The Morgan fingerprint density at radius 2 is 2.19 bits per heavy atom. The number of nitrogens with zero attached hydrogens (tertiary/aromatic N) is 1. The third-order valence-electron chi connectivity index (χ3n) is 3.92. The highest BCUT2D eigenvalue weighted by molar-refractivity contribution is 5.89. The zero-order chi connectivity index (χ0) is 11.3. The smallest absolute Gasteiger partial charge is 0.0519 e. The van der Waals surface area contributed by atoms with Crippen molar-refractivity contribution in [3.63, 3.8) is 0 Å². The minimum absolute atomic E-state index is 0.429. The monoisotopic (exact) mass is 214 g/mol. The molecule has 84 valence electrons. The minimum Gasteiger partial charge on any atom is -0.342 e. The van der Waals surface area contributed by atoms with E-state index < -0.39 is 0 Å². The van der Waals surface area contributed by atoms with Gasteiger partial charge in [-0.1, -0.05) is 18.2 Å². The predicted octanol–water partition coefficient (Wildman–Crippen LogP) is 2.79. The van der Waals surface area contributed by atoms with E-state index in [1.165, 1.54) is 34.1 Å². The molecular weight excluding hydrogens is 196 g/mol. The van der Waals surface area contributed by atoms with E-state index in [4.69, 9.17) is 0 Å². The highest BCUT2D eigenvalue weighted by Crippen LogP contribution is 2.35. The summed E-state index contributed by atoms with van der Waals surface area (Å²) in [5, 5.41) is 4.80. The molecule has 0 amide bonds. The molecule has 2 aromatic rings. The van der Waals surface area contributed by atoms with Crippen LogP contribution < -0.4 is 5.32 Å². The normalized spacial score (nSPS) is 15.9. The van der Waals surface area contributed by atoms with Crippen LogP contribution in [-0.2, 0) is 13.0 Å². The Hall–Kier alpha value is -1.28. The van der Waals surface area contributed by atoms with Gasteiger partial charge in [0.15, 0.2) is 0 Å². The molecule has 1 aromatic carbocycles. The summed E-state index contributed by atoms with van der Waals surface area (Å²) in [5.41, 5.74) is 5.88. The van der Waals surface area contributed by atoms with Crippen LogP contribution in [0.5, 0.6) is 0 Å². The zero-order valence-electron chi connectivity index (χ0n) is 10.2. The van der Waals surface area contributed by atoms with Crippen molar-refractivity contribution in [2.75, 3.05) is 7.05 Å². The van der Waals surface area contributed by atoms with Crippen LogP contribution in [0.1, 0.15) is 29.8 Å². The maximum absolute atomic E-state index is 3.36. The zero-order valence-corrected chi connectivity index (χ0v) is 10.2. The predicted molar refractivity (Wildman–Crippen MR) is 67.9 cm³/mol. The molecule has 1 atom stereocenters. The van der Waals surface area contributed by atoms with E-state index >= 15 is 0 Å². The molecule has 1 aliphatic heterocycles. The van der Waals surface area contributed by atoms with Crippen molar-refractivity contribution in [3.8, 4) is 0 Å². The van der Waals surface area contributed by atoms with Crippen molar-refractivity contribution in [2.24, 2.45) is 0 Å². The van der Waals surface area contributed by atoms with Gasteiger partial charge in [0.05, 0.1) is 5.52 Å². The summed E-state index contributed by atoms with van der Waals surface area (Å²) < 4.78 is 2.50. The fraction of sp³-hybridized carbons (Fsp3) is 0.429. The first-order chi connectivity index (χ1) is 7.74. The van der Waals surface area contributed by atoms with Crippen molar-refractivity contribution in [2.45, 2.75) is 32.9 Å². The number of hydrogen-bond acceptors (Lipinski definition) is 1. The molecular formula is C14H18N2. The fourth-order valence-electron chi connectivity index (χ4n) is 3.04. The highest BCUT2D eigenvalue weighted by atomic mass is 15.0. The lowest BCUT2D eigenvalue weighted by atomic mass is 10.1. The SMILES string of the molecule is CNC(C)c1c(C)c2cccc3c2n1CC3. The van der Waals surface area contributed by atoms with Gasteiger partial charge in [-0.05, 0) is 38.4 Å². The standard InChI is InChI=1S/C14H18N2/c1-9-12-6-4-5-11-7-8-16(14(11)12)13(9)10(2)15-3/h4-6,10,15H,7-8H2,1-3H3. The number of rotatable bonds is 2. The molecule has 2 heteroatoms. The summed E-state index contributed by atoms with van der Waals surface area (Å²) in [4.78, 5) is 0. The molecule has 2 nitrogen and oxygen atoms in total. The van der Waals surface area contributed by atoms with Crippen LogP contribution in [0.2, 0.25) is 0 Å². The lowest BCUT2D eigenvalue weighted by Gasteiger charge is -2.14. The lowest BCUT2D eigenvalue weighted by molar-refractivity contribution is 0.584. The van der Waals surface area contributed by atoms with E-state index in [0.717, 1.165) is 6.54 Å². The summed E-state index contributed by atoms with van der Waals surface area (Å²) >= 11 is 0. The molecule has 0 fully saturated rings. The molecule has 0 saturated carbocycles. The molecule has 0 aliphatic carbocycles. The highest BCUT2D eigenvalue weighted by Gasteiger charge is 2.23. The quantitative estimate of drug-likeness (QED) is 0.813. The minimum atomic E-state index is 0.429. The molecule has 0 spiro atoms. The molecule has 0 saturated heterocycles. The Morgan fingerprint density at radius 3 is 2.94 bits per heavy atom. The number of para-hydroxylation sites is 1. The number of aryl methyl sites for hydroxylation is 3. The second-order valence-electron chi connectivity index (χ2n) is 4.74. The van der Waals surface area contributed by atoms with Gasteiger partial charge >= 0.3 is 0 Å². The Morgan fingerprint density at radius 1 is 1.38 bits per heavy atom. The first-order valence-corrected chi connectivity index (χ1v) is 6.02. The summed E-state index contributed by atoms with van der Waals surface area (Å²) in [5.74, 6) is 0. The van der Waals surface area contributed by atoms with Crippen LogP contribution in [0.25, 0.3) is 10.9 Å². The van der Waals surface area contributed by atoms with E-state index in [1.807, 2.05) is 7.05 Å². The summed E-state index contributed by atoms with van der Waals surface area (Å²) in [6.45, 7) is 5.63. The Labute approximate surface area is 96.3 Å². The maximum atomic E-state index is 3.36. The Balaban J connectivity index is 2.37. The maximum Gasteiger partial charge on any atom is 0.0519 e. The van der Waals surface area contributed by atoms with Crippen LogP contribution in [0.15, 0.2) is 18.2 Å². The van der Waals surface area contributed by atoms with Gasteiger partial charge in [-0.15, -0.1) is 0 Å². The first kappa shape index (κ1) is 9.91. The van der Waals surface area contributed by atoms with Crippen LogP contribution in [0.3, 0.4) is 0 Å². The van der Waals surface area contributed by atoms with Gasteiger partial charge in [0, 0.05) is 23.7 Å². The van der Waals surface area contributed by atoms with Gasteiger partial charge in [-0.3, -0.25) is 0 Å². The van der Waals surface area contributed by atoms with Crippen molar-refractivity contribution >= 4 is 10.9 Å². The molecule has 1 N–H and O–H groups in total. The van der Waals surface area contributed by atoms with Gasteiger partial charge in [-0.25, -0.2) is 0 Å². The van der Waals surface area contributed by atoms with Crippen LogP contribution in [0.4, 0.5) is 0 Å². The number of aromatic nitrogens is 1. The van der Waals surface area contributed by atoms with Gasteiger partial charge in [-0.2, -0.15) is 0 Å². The first-order valence-electron chi connectivity index (χ1n) is 6.02. The molecule has 0 bridgehead atoms. The average molecular weight is 214 g/mol. The summed E-state index contributed by atoms with van der Waals surface area (Å²) in [6.07, 6.45) is 1.19. The number of hydrogen-bond donors (Lipinski definition) is 1. The Kier molecular flexibility index (Phi) is 2.08. The molecule has 16 heavy (non-hydrogen) atoms. The summed E-state index contributed by atoms with van der Waals surface area (Å²) in [6, 6.07) is 7.13. The number of nitrogens with one attached hydrogen (secondary N) is 1. The van der Waals surface area contributed by atoms with Crippen LogP contribution in [0, 0.1) is 6.92 Å². The average Bonchev–Trinajstić information content (AvgIpc) is 2.84. The molecule has 0 radical (unpaired) electrons. The van der Waals surface area contributed by atoms with Gasteiger partial charge < -0.3 is 9.88 Å². The Bertz CT molecular complexity index is 551.